The van der Waals surface area contributed by atoms with Crippen LogP contribution < -0.4 is 13.8 Å². The van der Waals surface area contributed by atoms with Gasteiger partial charge in [-0.05, 0) is 76.4 Å². The minimum atomic E-state index is -4.84. The van der Waals surface area contributed by atoms with Gasteiger partial charge in [0.25, 0.3) is 10.0 Å². The van der Waals surface area contributed by atoms with Gasteiger partial charge in [-0.2, -0.15) is 13.2 Å². The van der Waals surface area contributed by atoms with E-state index in [2.05, 4.69) is 9.46 Å². The molecular weight excluding hydrogens is 623 g/mol. The molecule has 0 spiro atoms. The van der Waals surface area contributed by atoms with Gasteiger partial charge < -0.3 is 9.47 Å². The van der Waals surface area contributed by atoms with Crippen LogP contribution in [0.5, 0.6) is 5.75 Å². The Kier molecular flexibility index (Phi) is 8.56. The summed E-state index contributed by atoms with van der Waals surface area (Å²) in [5.41, 5.74) is -3.87. The number of benzene rings is 2. The lowest BCUT2D eigenvalue weighted by Crippen LogP contribution is -2.51. The van der Waals surface area contributed by atoms with Crippen molar-refractivity contribution in [2.45, 2.75) is 86.9 Å². The molecule has 0 amide bonds. The first-order valence-electron chi connectivity index (χ1n) is 13.2. The highest BCUT2D eigenvalue weighted by atomic mass is 32.2. The van der Waals surface area contributed by atoms with E-state index in [1.807, 2.05) is 0 Å². The summed E-state index contributed by atoms with van der Waals surface area (Å²) in [7, 11) is -8.21. The van der Waals surface area contributed by atoms with Gasteiger partial charge in [-0.15, -0.1) is 0 Å². The van der Waals surface area contributed by atoms with Gasteiger partial charge in [0, 0.05) is 12.0 Å². The van der Waals surface area contributed by atoms with Crippen molar-refractivity contribution in [3.05, 3.63) is 53.6 Å². The van der Waals surface area contributed by atoms with Gasteiger partial charge in [-0.3, -0.25) is 9.10 Å². The van der Waals surface area contributed by atoms with Crippen LogP contribution >= 0.6 is 0 Å². The second-order valence-electron chi connectivity index (χ2n) is 11.7. The molecule has 1 heterocycles. The topological polar surface area (TPSA) is 119 Å². The number of alkyl halides is 3. The Morgan fingerprint density at radius 3 is 2.23 bits per heavy atom. The molecular formula is C27H31F5N2O7S2. The van der Waals surface area contributed by atoms with E-state index in [-0.39, 0.29) is 23.4 Å². The van der Waals surface area contributed by atoms with Crippen molar-refractivity contribution in [1.82, 2.24) is 4.72 Å². The van der Waals surface area contributed by atoms with Crippen molar-refractivity contribution in [3.8, 4) is 5.75 Å². The summed E-state index contributed by atoms with van der Waals surface area (Å²) >= 11 is 0. The van der Waals surface area contributed by atoms with Gasteiger partial charge >= 0.3 is 12.1 Å². The lowest BCUT2D eigenvalue weighted by molar-refractivity contribution is -0.257. The van der Waals surface area contributed by atoms with Crippen LogP contribution in [0, 0.1) is 11.6 Å². The number of ether oxygens (including phenoxy) is 2. The van der Waals surface area contributed by atoms with E-state index in [4.69, 9.17) is 4.74 Å². The molecule has 2 aliphatic rings. The minimum absolute atomic E-state index is 0.00277. The molecule has 0 radical (unpaired) electrons. The molecule has 0 bridgehead atoms. The number of fused-ring (bicyclic) bond motifs is 1. The standard InChI is InChI=1S/C27H31F5N2O7S2/c1-25(2,33-42(36,37)18-6-7-18)14-17-15-34(43(38,39)19-8-9-20(28)21(29)13-19)22-11-16(5-10-23(22)40-17)12-24(35)41-26(3,4)27(30,31)32/h5,8-11,13,17-18,33H,6-7,12,14-15H2,1-4H3/t17-/m0/s1. The highest BCUT2D eigenvalue weighted by molar-refractivity contribution is 7.92. The molecule has 1 fully saturated rings. The normalized spacial score (nSPS) is 18.2. The van der Waals surface area contributed by atoms with Gasteiger partial charge in [0.15, 0.2) is 11.6 Å². The quantitative estimate of drug-likeness (QED) is 0.294. The zero-order chi connectivity index (χ0) is 32.2. The molecule has 1 saturated carbocycles. The number of nitrogens with one attached hydrogen (secondary N) is 1. The Hall–Kier alpha value is -2.98. The van der Waals surface area contributed by atoms with Gasteiger partial charge in [-0.25, -0.2) is 30.3 Å². The number of halogens is 5. The lowest BCUT2D eigenvalue weighted by Gasteiger charge is -2.39. The first-order valence-corrected chi connectivity index (χ1v) is 16.2. The highest BCUT2D eigenvalue weighted by Crippen LogP contribution is 2.40. The van der Waals surface area contributed by atoms with Crippen LogP contribution in [-0.2, 0) is 36.0 Å². The Labute approximate surface area is 246 Å². The van der Waals surface area contributed by atoms with Crippen LogP contribution in [-0.4, -0.2) is 58.0 Å². The zero-order valence-electron chi connectivity index (χ0n) is 23.7. The van der Waals surface area contributed by atoms with Crippen LogP contribution in [0.2, 0.25) is 0 Å². The number of hydrogen-bond acceptors (Lipinski definition) is 7. The average Bonchev–Trinajstić information content (AvgIpc) is 3.70. The van der Waals surface area contributed by atoms with Crippen LogP contribution in [0.3, 0.4) is 0 Å². The molecule has 1 N–H and O–H groups in total. The molecule has 43 heavy (non-hydrogen) atoms. The van der Waals surface area contributed by atoms with Crippen molar-refractivity contribution in [3.63, 3.8) is 0 Å². The summed E-state index contributed by atoms with van der Waals surface area (Å²) in [6, 6.07) is 5.88. The van der Waals surface area contributed by atoms with E-state index in [0.717, 1.165) is 10.4 Å². The molecule has 16 heteroatoms. The number of anilines is 1. The molecule has 0 unspecified atom stereocenters. The highest BCUT2D eigenvalue weighted by Gasteiger charge is 2.51. The predicted octanol–water partition coefficient (Wildman–Crippen LogP) is 4.60. The smallest absolute Gasteiger partial charge is 0.427 e. The summed E-state index contributed by atoms with van der Waals surface area (Å²) in [5.74, 6) is -3.91. The van der Waals surface area contributed by atoms with Crippen molar-refractivity contribution < 1.29 is 53.1 Å². The Morgan fingerprint density at radius 1 is 1.00 bits per heavy atom. The number of hydrogen-bond donors (Lipinski definition) is 1. The Morgan fingerprint density at radius 2 is 1.65 bits per heavy atom. The maximum atomic E-state index is 14.0. The van der Waals surface area contributed by atoms with Crippen molar-refractivity contribution in [2.24, 2.45) is 0 Å². The van der Waals surface area contributed by atoms with E-state index >= 15 is 0 Å². The summed E-state index contributed by atoms with van der Waals surface area (Å²) in [6.07, 6.45) is -5.34. The number of esters is 1. The summed E-state index contributed by atoms with van der Waals surface area (Å²) in [6.45, 7) is 4.20. The van der Waals surface area contributed by atoms with Crippen LogP contribution in [0.15, 0.2) is 41.3 Å². The van der Waals surface area contributed by atoms with E-state index < -0.39 is 84.2 Å². The van der Waals surface area contributed by atoms with Crippen molar-refractivity contribution in [2.75, 3.05) is 10.8 Å². The van der Waals surface area contributed by atoms with E-state index in [0.29, 0.717) is 38.8 Å². The number of nitrogens with zero attached hydrogens (tertiary/aromatic N) is 1. The average molecular weight is 655 g/mol. The number of rotatable bonds is 10. The minimum Gasteiger partial charge on any atom is -0.486 e. The molecule has 0 saturated heterocycles. The Balaban J connectivity index is 1.67. The molecule has 1 atom stereocenters. The number of sulfonamides is 2. The monoisotopic (exact) mass is 654 g/mol. The zero-order valence-corrected chi connectivity index (χ0v) is 25.3. The number of carbonyl (C=O) groups excluding carboxylic acids is 1. The molecule has 2 aromatic rings. The molecule has 238 valence electrons. The second-order valence-corrected chi connectivity index (χ2v) is 15.6. The third-order valence-corrected chi connectivity index (χ3v) is 10.9. The predicted molar refractivity (Wildman–Crippen MR) is 145 cm³/mol. The number of carbonyl (C=O) groups is 1. The van der Waals surface area contributed by atoms with Crippen LogP contribution in [0.25, 0.3) is 0 Å². The molecule has 1 aliphatic heterocycles. The first kappa shape index (κ1) is 32.9. The van der Waals surface area contributed by atoms with Crippen molar-refractivity contribution >= 4 is 31.7 Å². The summed E-state index contributed by atoms with van der Waals surface area (Å²) in [5, 5.41) is -0.503. The maximum absolute atomic E-state index is 14.0. The fourth-order valence-corrected chi connectivity index (χ4v) is 7.86. The van der Waals surface area contributed by atoms with Gasteiger partial charge in [0.2, 0.25) is 15.6 Å². The van der Waals surface area contributed by atoms with E-state index in [1.165, 1.54) is 18.2 Å². The van der Waals surface area contributed by atoms with Gasteiger partial charge in [0.1, 0.15) is 11.9 Å². The first-order chi connectivity index (χ1) is 19.6. The molecule has 4 rings (SSSR count). The third kappa shape index (κ3) is 7.40. The fraction of sp³-hybridized carbons (Fsp3) is 0.519. The van der Waals surface area contributed by atoms with Crippen LogP contribution in [0.1, 0.15) is 52.5 Å². The van der Waals surface area contributed by atoms with Gasteiger partial charge in [0.05, 0.1) is 28.8 Å². The summed E-state index contributed by atoms with van der Waals surface area (Å²) in [4.78, 5) is 11.8. The lowest BCUT2D eigenvalue weighted by atomic mass is 9.97. The molecule has 1 aliphatic carbocycles. The van der Waals surface area contributed by atoms with Crippen LogP contribution in [0.4, 0.5) is 27.6 Å². The van der Waals surface area contributed by atoms with E-state index in [9.17, 15) is 43.6 Å². The van der Waals surface area contributed by atoms with E-state index in [1.54, 1.807) is 13.8 Å². The second kappa shape index (κ2) is 11.2. The van der Waals surface area contributed by atoms with Crippen molar-refractivity contribution in [1.29, 1.82) is 0 Å². The third-order valence-electron chi connectivity index (χ3n) is 6.95. The van der Waals surface area contributed by atoms with Gasteiger partial charge in [-0.1, -0.05) is 6.07 Å². The Bertz CT molecular complexity index is 1620. The summed E-state index contributed by atoms with van der Waals surface area (Å²) < 4.78 is 134. The largest absolute Gasteiger partial charge is 0.486 e. The molecule has 2 aromatic carbocycles. The SMILES string of the molecule is CC(C)(C[C@H]1CN(S(=O)(=O)c2ccc(F)c(F)c2)c2cc(CC(=O)OC(C)(C)C(F)(F)F)ccc2O1)NS(=O)(=O)C1CC1. The fourth-order valence-electron chi connectivity index (χ4n) is 4.57. The molecule has 9 nitrogen and oxygen atoms in total. The maximum Gasteiger partial charge on any atom is 0.427 e. The molecule has 0 aromatic heterocycles.